The van der Waals surface area contributed by atoms with Crippen LogP contribution in [0.3, 0.4) is 0 Å². The molecule has 0 radical (unpaired) electrons. The number of nitrogens with one attached hydrogen (secondary N) is 2. The molecular formula is C22H19N5O7. The van der Waals surface area contributed by atoms with Gasteiger partial charge in [0.05, 0.1) is 23.9 Å². The van der Waals surface area contributed by atoms with Crippen LogP contribution in [-0.2, 0) is 24.7 Å². The number of ether oxygens (including phenoxy) is 1. The van der Waals surface area contributed by atoms with Crippen molar-refractivity contribution in [3.63, 3.8) is 0 Å². The summed E-state index contributed by atoms with van der Waals surface area (Å²) >= 11 is 0. The maximum Gasteiger partial charge on any atom is 0.271 e. The van der Waals surface area contributed by atoms with Crippen molar-refractivity contribution in [3.8, 4) is 5.75 Å². The zero-order valence-corrected chi connectivity index (χ0v) is 17.8. The Labute approximate surface area is 192 Å². The monoisotopic (exact) mass is 465 g/mol. The second-order valence-electron chi connectivity index (χ2n) is 8.36. The number of amides is 4. The molecule has 0 unspecified atom stereocenters. The van der Waals surface area contributed by atoms with Crippen LogP contribution in [0.15, 0.2) is 42.5 Å². The van der Waals surface area contributed by atoms with Gasteiger partial charge in [-0.25, -0.2) is 4.90 Å². The molecule has 3 heterocycles. The van der Waals surface area contributed by atoms with Crippen LogP contribution in [0.25, 0.3) is 0 Å². The lowest BCUT2D eigenvalue weighted by atomic mass is 9.76. The molecule has 2 aromatic carbocycles. The SMILES string of the molecule is COc1ccc([N+](=O)[O-])cc1N1C(=O)[C@@H]2[C@@H](C1=O)[C@@]1(N[C@@H]2CC(N)=O)C(=O)Nc2ccccc21. The number of nitrogens with zero attached hydrogens (tertiary/aromatic N) is 2. The molecule has 12 heteroatoms. The van der Waals surface area contributed by atoms with Crippen LogP contribution in [0.4, 0.5) is 17.1 Å². The number of methoxy groups -OCH3 is 1. The standard InChI is InChI=1S/C22H19N5O7/c1-34-15-7-6-10(27(32)33)8-14(15)26-19(29)17-13(9-16(23)28)25-22(18(17)20(26)30)11-4-2-3-5-12(11)24-21(22)31/h2-8,13,17-18,25H,9H2,1H3,(H2,23,28)(H,24,31)/t13-,17+,18+,22-/m1/s1. The Kier molecular flexibility index (Phi) is 4.65. The van der Waals surface area contributed by atoms with Crippen molar-refractivity contribution in [2.75, 3.05) is 17.3 Å². The Hall–Kier alpha value is -4.32. The Bertz CT molecular complexity index is 1290. The van der Waals surface area contributed by atoms with Gasteiger partial charge < -0.3 is 15.8 Å². The first-order valence-electron chi connectivity index (χ1n) is 10.4. The quantitative estimate of drug-likeness (QED) is 0.323. The van der Waals surface area contributed by atoms with Gasteiger partial charge in [-0.15, -0.1) is 0 Å². The number of hydrogen-bond acceptors (Lipinski definition) is 8. The third-order valence-corrected chi connectivity index (χ3v) is 6.66. The van der Waals surface area contributed by atoms with Crippen molar-refractivity contribution in [3.05, 3.63) is 58.1 Å². The number of non-ortho nitro benzene ring substituents is 1. The summed E-state index contributed by atoms with van der Waals surface area (Å²) in [6.07, 6.45) is -0.294. The molecule has 4 amide bonds. The first-order chi connectivity index (χ1) is 16.2. The van der Waals surface area contributed by atoms with E-state index in [9.17, 15) is 29.3 Å². The largest absolute Gasteiger partial charge is 0.495 e. The van der Waals surface area contributed by atoms with E-state index in [-0.39, 0.29) is 23.5 Å². The second-order valence-corrected chi connectivity index (χ2v) is 8.36. The maximum absolute atomic E-state index is 13.8. The molecule has 0 aliphatic carbocycles. The molecule has 4 atom stereocenters. The molecule has 2 saturated heterocycles. The zero-order chi connectivity index (χ0) is 24.4. The van der Waals surface area contributed by atoms with Crippen molar-refractivity contribution < 1.29 is 28.8 Å². The summed E-state index contributed by atoms with van der Waals surface area (Å²) in [5.74, 6) is -4.95. The maximum atomic E-state index is 13.8. The third kappa shape index (κ3) is 2.75. The molecule has 174 valence electrons. The summed E-state index contributed by atoms with van der Waals surface area (Å²) in [4.78, 5) is 64.1. The number of nitrogens with two attached hydrogens (primary N) is 1. The first kappa shape index (κ1) is 21.5. The van der Waals surface area contributed by atoms with Crippen LogP contribution < -0.4 is 26.0 Å². The van der Waals surface area contributed by atoms with Gasteiger partial charge >= 0.3 is 0 Å². The Morgan fingerprint density at radius 1 is 1.21 bits per heavy atom. The van der Waals surface area contributed by atoms with Crippen molar-refractivity contribution in [1.29, 1.82) is 0 Å². The second kappa shape index (κ2) is 7.35. The minimum Gasteiger partial charge on any atom is -0.495 e. The molecule has 0 saturated carbocycles. The van der Waals surface area contributed by atoms with Gasteiger partial charge in [-0.05, 0) is 12.1 Å². The summed E-state index contributed by atoms with van der Waals surface area (Å²) in [5, 5.41) is 17.2. The summed E-state index contributed by atoms with van der Waals surface area (Å²) in [6.45, 7) is 0. The van der Waals surface area contributed by atoms with Gasteiger partial charge in [0.1, 0.15) is 17.0 Å². The highest BCUT2D eigenvalue weighted by Gasteiger charge is 2.70. The molecule has 5 rings (SSSR count). The highest BCUT2D eigenvalue weighted by Crippen LogP contribution is 2.54. The Balaban J connectivity index is 1.69. The van der Waals surface area contributed by atoms with Gasteiger partial charge in [0.25, 0.3) is 5.69 Å². The van der Waals surface area contributed by atoms with E-state index >= 15 is 0 Å². The predicted octanol–water partition coefficient (Wildman–Crippen LogP) is 0.404. The molecule has 34 heavy (non-hydrogen) atoms. The van der Waals surface area contributed by atoms with Crippen LogP contribution in [0, 0.1) is 22.0 Å². The fraction of sp³-hybridized carbons (Fsp3) is 0.273. The van der Waals surface area contributed by atoms with Gasteiger partial charge in [-0.1, -0.05) is 18.2 Å². The topological polar surface area (TPSA) is 174 Å². The van der Waals surface area contributed by atoms with Gasteiger partial charge in [0, 0.05) is 35.8 Å². The number of imide groups is 1. The van der Waals surface area contributed by atoms with Gasteiger partial charge in [-0.2, -0.15) is 0 Å². The van der Waals surface area contributed by atoms with Crippen LogP contribution in [0.5, 0.6) is 5.75 Å². The van der Waals surface area contributed by atoms with Gasteiger partial charge in [-0.3, -0.25) is 34.6 Å². The summed E-state index contributed by atoms with van der Waals surface area (Å²) in [7, 11) is 1.30. The van der Waals surface area contributed by atoms with Crippen molar-refractivity contribution in [1.82, 2.24) is 5.32 Å². The van der Waals surface area contributed by atoms with E-state index < -0.39 is 52.0 Å². The number of carbonyl (C=O) groups is 4. The van der Waals surface area contributed by atoms with Crippen LogP contribution >= 0.6 is 0 Å². The highest BCUT2D eigenvalue weighted by atomic mass is 16.6. The number of nitro benzene ring substituents is 1. The third-order valence-electron chi connectivity index (χ3n) is 6.66. The van der Waals surface area contributed by atoms with E-state index in [4.69, 9.17) is 10.5 Å². The van der Waals surface area contributed by atoms with Crippen molar-refractivity contribution in [2.24, 2.45) is 17.6 Å². The molecule has 1 spiro atoms. The summed E-state index contributed by atoms with van der Waals surface area (Å²) in [5.41, 5.74) is 4.28. The number of benzene rings is 2. The Morgan fingerprint density at radius 2 is 1.94 bits per heavy atom. The summed E-state index contributed by atoms with van der Waals surface area (Å²) in [6, 6.07) is 9.38. The van der Waals surface area contributed by atoms with Crippen LogP contribution in [0.1, 0.15) is 12.0 Å². The van der Waals surface area contributed by atoms with E-state index in [1.165, 1.54) is 19.2 Å². The zero-order valence-electron chi connectivity index (χ0n) is 17.8. The molecule has 0 bridgehead atoms. The lowest BCUT2D eigenvalue weighted by Crippen LogP contribution is -2.53. The van der Waals surface area contributed by atoms with E-state index in [1.807, 2.05) is 0 Å². The molecule has 12 nitrogen and oxygen atoms in total. The normalized spacial score (nSPS) is 27.0. The number of para-hydroxylation sites is 1. The molecule has 2 fully saturated rings. The van der Waals surface area contributed by atoms with Gasteiger partial charge in [0.15, 0.2) is 0 Å². The van der Waals surface area contributed by atoms with E-state index in [1.54, 1.807) is 24.3 Å². The number of rotatable bonds is 5. The van der Waals surface area contributed by atoms with Crippen LogP contribution in [0.2, 0.25) is 0 Å². The van der Waals surface area contributed by atoms with Crippen LogP contribution in [-0.4, -0.2) is 41.7 Å². The average molecular weight is 465 g/mol. The molecular weight excluding hydrogens is 446 g/mol. The number of carbonyl (C=O) groups excluding carboxylic acids is 4. The van der Waals surface area contributed by atoms with Crippen molar-refractivity contribution >= 4 is 40.7 Å². The first-order valence-corrected chi connectivity index (χ1v) is 10.4. The lowest BCUT2D eigenvalue weighted by molar-refractivity contribution is -0.384. The number of hydrogen-bond donors (Lipinski definition) is 3. The van der Waals surface area contributed by atoms with Gasteiger partial charge in [0.2, 0.25) is 23.6 Å². The highest BCUT2D eigenvalue weighted by molar-refractivity contribution is 6.26. The number of primary amides is 1. The molecule has 0 aromatic heterocycles. The predicted molar refractivity (Wildman–Crippen MR) is 117 cm³/mol. The number of anilines is 2. The molecule has 4 N–H and O–H groups in total. The van der Waals surface area contributed by atoms with E-state index in [0.29, 0.717) is 11.3 Å². The number of nitro groups is 1. The molecule has 2 aromatic rings. The summed E-state index contributed by atoms with van der Waals surface area (Å²) < 4.78 is 5.26. The molecule has 3 aliphatic heterocycles. The minimum absolute atomic E-state index is 0.0667. The average Bonchev–Trinajstić information content (AvgIpc) is 3.37. The number of fused-ring (bicyclic) bond motifs is 4. The van der Waals surface area contributed by atoms with E-state index in [2.05, 4.69) is 10.6 Å². The molecule has 3 aliphatic rings. The lowest BCUT2D eigenvalue weighted by Gasteiger charge is -2.29. The fourth-order valence-corrected chi connectivity index (χ4v) is 5.35. The van der Waals surface area contributed by atoms with Crippen molar-refractivity contribution in [2.45, 2.75) is 18.0 Å². The van der Waals surface area contributed by atoms with E-state index in [0.717, 1.165) is 11.0 Å². The Morgan fingerprint density at radius 3 is 2.62 bits per heavy atom. The fourth-order valence-electron chi connectivity index (χ4n) is 5.35. The smallest absolute Gasteiger partial charge is 0.271 e. The minimum atomic E-state index is -1.61.